The number of hydrogen-bond acceptors (Lipinski definition) is 1. The minimum absolute atomic E-state index is 0.563. The van der Waals surface area contributed by atoms with Crippen LogP contribution in [0.3, 0.4) is 0 Å². The van der Waals surface area contributed by atoms with E-state index in [1.165, 1.54) is 5.56 Å². The van der Waals surface area contributed by atoms with E-state index < -0.39 is 0 Å². The molecule has 1 atom stereocenters. The zero-order chi connectivity index (χ0) is 12.8. The highest BCUT2D eigenvalue weighted by Gasteiger charge is 2.04. The average molecular weight is 239 g/mol. The fourth-order valence-electron chi connectivity index (χ4n) is 1.96. The van der Waals surface area contributed by atoms with E-state index in [-0.39, 0.29) is 0 Å². The number of para-hydroxylation sites is 1. The summed E-state index contributed by atoms with van der Waals surface area (Å²) < 4.78 is 5.76. The Bertz CT molecular complexity index is 459. The van der Waals surface area contributed by atoms with Crippen molar-refractivity contribution in [2.45, 2.75) is 25.7 Å². The van der Waals surface area contributed by atoms with Crippen molar-refractivity contribution in [3.63, 3.8) is 0 Å². The van der Waals surface area contributed by atoms with Crippen LogP contribution in [0, 0.1) is 6.92 Å². The highest BCUT2D eigenvalue weighted by Crippen LogP contribution is 2.25. The van der Waals surface area contributed by atoms with Crippen LogP contribution in [0.4, 0.5) is 0 Å². The average Bonchev–Trinajstić information content (AvgIpc) is 2.41. The van der Waals surface area contributed by atoms with Crippen LogP contribution in [0.15, 0.2) is 54.6 Å². The van der Waals surface area contributed by atoms with Crippen LogP contribution < -0.4 is 4.74 Å². The smallest absolute Gasteiger partial charge is 0.127 e. The summed E-state index contributed by atoms with van der Waals surface area (Å²) in [5.74, 6) is 2.32. The Morgan fingerprint density at radius 3 is 2.17 bits per heavy atom. The van der Waals surface area contributed by atoms with Crippen molar-refractivity contribution in [1.82, 2.24) is 0 Å². The third-order valence-corrected chi connectivity index (χ3v) is 3.07. The number of rotatable bonds is 5. The van der Waals surface area contributed by atoms with Crippen molar-refractivity contribution in [2.75, 3.05) is 0 Å². The van der Waals surface area contributed by atoms with Gasteiger partial charge in [0.15, 0.2) is 0 Å². The van der Waals surface area contributed by atoms with Crippen LogP contribution in [0.2, 0.25) is 0 Å². The normalized spacial score (nSPS) is 12.1. The molecule has 0 amide bonds. The number of ether oxygens (including phenoxy) is 1. The molecule has 2 rings (SSSR count). The minimum Gasteiger partial charge on any atom is -0.457 e. The first-order valence-corrected chi connectivity index (χ1v) is 6.41. The molecule has 93 valence electrons. The van der Waals surface area contributed by atoms with Crippen molar-refractivity contribution >= 4 is 0 Å². The first-order chi connectivity index (χ1) is 8.79. The van der Waals surface area contributed by atoms with E-state index in [1.54, 1.807) is 0 Å². The Morgan fingerprint density at radius 2 is 1.56 bits per heavy atom. The molecule has 18 heavy (non-hydrogen) atoms. The van der Waals surface area contributed by atoms with Crippen molar-refractivity contribution in [1.29, 1.82) is 0 Å². The lowest BCUT2D eigenvalue weighted by Gasteiger charge is -2.11. The molecule has 1 heteroatoms. The van der Waals surface area contributed by atoms with E-state index in [4.69, 9.17) is 4.74 Å². The fraction of sp³-hybridized carbons (Fsp3) is 0.235. The molecule has 0 N–H and O–H groups in total. The summed E-state index contributed by atoms with van der Waals surface area (Å²) in [6.07, 6.45) is 2.10. The zero-order valence-corrected chi connectivity index (χ0v) is 10.8. The van der Waals surface area contributed by atoms with E-state index in [2.05, 4.69) is 26.0 Å². The maximum absolute atomic E-state index is 5.76. The molecule has 2 aromatic carbocycles. The van der Waals surface area contributed by atoms with Gasteiger partial charge < -0.3 is 4.74 Å². The molecule has 1 unspecified atom stereocenters. The standard InChI is InChI=1S/C17H19O/c1-3-7-14(2)15-10-12-17(13-11-15)18-16-8-5-4-6-9-16/h4-6,8-14H,1,3,7H2,2H3. The Kier molecular flexibility index (Phi) is 4.40. The summed E-state index contributed by atoms with van der Waals surface area (Å²) in [4.78, 5) is 0. The minimum atomic E-state index is 0.563. The second-order valence-corrected chi connectivity index (χ2v) is 4.53. The summed E-state index contributed by atoms with van der Waals surface area (Å²) in [5, 5.41) is 0. The zero-order valence-electron chi connectivity index (χ0n) is 10.8. The number of hydrogen-bond donors (Lipinski definition) is 0. The fourth-order valence-corrected chi connectivity index (χ4v) is 1.96. The largest absolute Gasteiger partial charge is 0.457 e. The molecule has 0 aromatic heterocycles. The predicted octanol–water partition coefficient (Wildman–Crippen LogP) is 5.20. The van der Waals surface area contributed by atoms with Gasteiger partial charge in [0, 0.05) is 0 Å². The quantitative estimate of drug-likeness (QED) is 0.697. The van der Waals surface area contributed by atoms with Gasteiger partial charge in [0.1, 0.15) is 11.5 Å². The number of benzene rings is 2. The molecule has 0 saturated carbocycles. The van der Waals surface area contributed by atoms with E-state index in [1.807, 2.05) is 42.5 Å². The van der Waals surface area contributed by atoms with Crippen LogP contribution in [0.5, 0.6) is 11.5 Å². The van der Waals surface area contributed by atoms with Gasteiger partial charge in [-0.3, -0.25) is 0 Å². The van der Waals surface area contributed by atoms with Crippen LogP contribution in [-0.2, 0) is 0 Å². The van der Waals surface area contributed by atoms with Gasteiger partial charge in [0.25, 0.3) is 0 Å². The molecule has 1 radical (unpaired) electrons. The van der Waals surface area contributed by atoms with E-state index in [0.717, 1.165) is 24.3 Å². The van der Waals surface area contributed by atoms with Gasteiger partial charge in [-0.25, -0.2) is 0 Å². The lowest BCUT2D eigenvalue weighted by molar-refractivity contribution is 0.482. The van der Waals surface area contributed by atoms with Crippen molar-refractivity contribution in [3.05, 3.63) is 67.1 Å². The maximum Gasteiger partial charge on any atom is 0.127 e. The first kappa shape index (κ1) is 12.7. The molecule has 0 spiro atoms. The molecule has 0 heterocycles. The molecule has 0 fully saturated rings. The van der Waals surface area contributed by atoms with Crippen LogP contribution in [0.25, 0.3) is 0 Å². The second-order valence-electron chi connectivity index (χ2n) is 4.53. The van der Waals surface area contributed by atoms with Gasteiger partial charge in [0.2, 0.25) is 0 Å². The van der Waals surface area contributed by atoms with Crippen molar-refractivity contribution in [2.24, 2.45) is 0 Å². The molecule has 2 aromatic rings. The Balaban J connectivity index is 2.04. The van der Waals surface area contributed by atoms with Gasteiger partial charge in [0.05, 0.1) is 0 Å². The van der Waals surface area contributed by atoms with Gasteiger partial charge in [-0.05, 0) is 42.2 Å². The van der Waals surface area contributed by atoms with Gasteiger partial charge in [-0.15, -0.1) is 0 Å². The van der Waals surface area contributed by atoms with Gasteiger partial charge >= 0.3 is 0 Å². The van der Waals surface area contributed by atoms with Crippen molar-refractivity contribution < 1.29 is 4.74 Å². The Morgan fingerprint density at radius 1 is 0.944 bits per heavy atom. The monoisotopic (exact) mass is 239 g/mol. The van der Waals surface area contributed by atoms with Crippen LogP contribution in [0.1, 0.15) is 31.2 Å². The second kappa shape index (κ2) is 6.25. The third-order valence-electron chi connectivity index (χ3n) is 3.07. The molecular formula is C17H19O. The molecular weight excluding hydrogens is 220 g/mol. The summed E-state index contributed by atoms with van der Waals surface area (Å²) in [6.45, 7) is 6.13. The van der Waals surface area contributed by atoms with Crippen LogP contribution in [-0.4, -0.2) is 0 Å². The first-order valence-electron chi connectivity index (χ1n) is 6.41. The van der Waals surface area contributed by atoms with E-state index in [0.29, 0.717) is 5.92 Å². The highest BCUT2D eigenvalue weighted by atomic mass is 16.5. The van der Waals surface area contributed by atoms with Crippen molar-refractivity contribution in [3.8, 4) is 11.5 Å². The highest BCUT2D eigenvalue weighted by molar-refractivity contribution is 5.33. The Hall–Kier alpha value is -1.76. The SMILES string of the molecule is [CH2]CCC(C)c1ccc(Oc2ccccc2)cc1. The van der Waals surface area contributed by atoms with E-state index >= 15 is 0 Å². The Labute approximate surface area is 109 Å². The maximum atomic E-state index is 5.76. The lowest BCUT2D eigenvalue weighted by atomic mass is 9.97. The molecule has 0 aliphatic carbocycles. The van der Waals surface area contributed by atoms with Gasteiger partial charge in [-0.2, -0.15) is 0 Å². The summed E-state index contributed by atoms with van der Waals surface area (Å²) in [5.41, 5.74) is 1.35. The molecule has 0 aliphatic rings. The summed E-state index contributed by atoms with van der Waals surface area (Å²) in [7, 11) is 0. The lowest BCUT2D eigenvalue weighted by Crippen LogP contribution is -1.92. The third kappa shape index (κ3) is 3.36. The van der Waals surface area contributed by atoms with Crippen LogP contribution >= 0.6 is 0 Å². The van der Waals surface area contributed by atoms with E-state index in [9.17, 15) is 0 Å². The molecule has 0 aliphatic heterocycles. The molecule has 1 nitrogen and oxygen atoms in total. The topological polar surface area (TPSA) is 9.23 Å². The van der Waals surface area contributed by atoms with Gasteiger partial charge in [-0.1, -0.05) is 50.6 Å². The summed E-state index contributed by atoms with van der Waals surface area (Å²) >= 11 is 0. The predicted molar refractivity (Wildman–Crippen MR) is 76.0 cm³/mol. The molecule has 0 saturated heterocycles. The summed E-state index contributed by atoms with van der Waals surface area (Å²) in [6, 6.07) is 18.2. The molecule has 0 bridgehead atoms.